The lowest BCUT2D eigenvalue weighted by molar-refractivity contribution is -0.453. The molecule has 0 aliphatic carbocycles. The van der Waals surface area contributed by atoms with Crippen molar-refractivity contribution in [1.82, 2.24) is 0 Å². The molecule has 0 aromatic rings. The molecule has 4 unspecified atom stereocenters. The molecule has 4 atom stereocenters. The molecule has 2 rings (SSSR count). The Kier molecular flexibility index (Phi) is 9.54. The van der Waals surface area contributed by atoms with Gasteiger partial charge in [-0.1, -0.05) is 0 Å². The Morgan fingerprint density at radius 1 is 0.667 bits per heavy atom. The number of hydrogen-bond donors (Lipinski definition) is 0. The molecular formula is C21H26F14O4. The van der Waals surface area contributed by atoms with Crippen LogP contribution in [0.1, 0.15) is 58.8 Å². The third-order valence-electron chi connectivity index (χ3n) is 6.60. The first kappa shape index (κ1) is 34.1. The summed E-state index contributed by atoms with van der Waals surface area (Å²) in [4.78, 5) is 0. The van der Waals surface area contributed by atoms with Gasteiger partial charge >= 0.3 is 36.0 Å². The Balaban J connectivity index is 2.13. The largest absolute Gasteiger partial charge is 0.437 e. The maximum absolute atomic E-state index is 15.0. The molecular weight excluding hydrogens is 582 g/mol. The number of hydrogen-bond acceptors (Lipinski definition) is 4. The summed E-state index contributed by atoms with van der Waals surface area (Å²) in [5.41, 5.74) is -11.7. The molecule has 4 nitrogen and oxygen atoms in total. The predicted octanol–water partition coefficient (Wildman–Crippen LogP) is 7.65. The molecule has 0 spiro atoms. The third kappa shape index (κ3) is 6.37. The van der Waals surface area contributed by atoms with E-state index < -0.39 is 98.7 Å². The van der Waals surface area contributed by atoms with Crippen molar-refractivity contribution in [2.75, 3.05) is 13.2 Å². The molecule has 0 radical (unpaired) electrons. The van der Waals surface area contributed by atoms with E-state index in [2.05, 4.69) is 0 Å². The van der Waals surface area contributed by atoms with Crippen molar-refractivity contribution in [1.29, 1.82) is 0 Å². The van der Waals surface area contributed by atoms with Gasteiger partial charge in [-0.3, -0.25) is 0 Å². The minimum Gasteiger partial charge on any atom is -0.350 e. The van der Waals surface area contributed by atoms with Gasteiger partial charge in [0.15, 0.2) is 5.79 Å². The lowest BCUT2D eigenvalue weighted by Gasteiger charge is -2.48. The number of ether oxygens (including phenoxy) is 4. The lowest BCUT2D eigenvalue weighted by Crippen LogP contribution is -2.71. The van der Waals surface area contributed by atoms with Crippen molar-refractivity contribution in [3.63, 3.8) is 0 Å². The van der Waals surface area contributed by atoms with Gasteiger partial charge in [-0.15, -0.1) is 0 Å². The van der Waals surface area contributed by atoms with Gasteiger partial charge in [-0.05, 0) is 46.0 Å². The van der Waals surface area contributed by atoms with Crippen LogP contribution in [-0.4, -0.2) is 73.0 Å². The average Bonchev–Trinajstić information content (AvgIpc) is 2.74. The first-order valence-electron chi connectivity index (χ1n) is 11.7. The van der Waals surface area contributed by atoms with Crippen LogP contribution in [0.25, 0.3) is 0 Å². The molecule has 0 saturated carbocycles. The van der Waals surface area contributed by atoms with E-state index in [0.717, 1.165) is 13.8 Å². The third-order valence-corrected chi connectivity index (χ3v) is 6.60. The fourth-order valence-corrected chi connectivity index (χ4v) is 4.64. The van der Waals surface area contributed by atoms with E-state index in [-0.39, 0.29) is 19.3 Å². The lowest BCUT2D eigenvalue weighted by atomic mass is 9.85. The molecule has 2 fully saturated rings. The molecule has 39 heavy (non-hydrogen) atoms. The molecule has 0 aromatic heterocycles. The van der Waals surface area contributed by atoms with Crippen LogP contribution >= 0.6 is 0 Å². The fraction of sp³-hybridized carbons (Fsp3) is 1.00. The quantitative estimate of drug-likeness (QED) is 0.210. The standard InChI is InChI=1S/C21H26F14O4/c1-12-6-3-9-15(38-12,17(23,20(30,31)32)21(33,34)35)37-11-5-10-36-14(2)8-4-7-13(39-14)16(22,18(24,25)26)19(27,28)29/h12-13H,3-11H2,1-2H3. The zero-order chi connectivity index (χ0) is 30.3. The maximum Gasteiger partial charge on any atom is 0.437 e. The summed E-state index contributed by atoms with van der Waals surface area (Å²) in [6, 6.07) is 0. The van der Waals surface area contributed by atoms with Crippen LogP contribution in [-0.2, 0) is 18.9 Å². The fourth-order valence-electron chi connectivity index (χ4n) is 4.64. The van der Waals surface area contributed by atoms with Crippen LogP contribution in [0.3, 0.4) is 0 Å². The van der Waals surface area contributed by atoms with Gasteiger partial charge in [0.25, 0.3) is 0 Å². The van der Waals surface area contributed by atoms with E-state index in [4.69, 9.17) is 18.9 Å². The summed E-state index contributed by atoms with van der Waals surface area (Å²) in [6.45, 7) is 0.199. The van der Waals surface area contributed by atoms with E-state index in [1.807, 2.05) is 0 Å². The van der Waals surface area contributed by atoms with Crippen molar-refractivity contribution < 1.29 is 80.4 Å². The summed E-state index contributed by atoms with van der Waals surface area (Å²) in [7, 11) is 0. The second-order valence-electron chi connectivity index (χ2n) is 9.62. The van der Waals surface area contributed by atoms with E-state index in [1.54, 1.807) is 0 Å². The molecule has 0 amide bonds. The first-order chi connectivity index (χ1) is 17.4. The molecule has 2 saturated heterocycles. The van der Waals surface area contributed by atoms with Gasteiger partial charge in [0.05, 0.1) is 19.3 Å². The van der Waals surface area contributed by atoms with Crippen molar-refractivity contribution in [3.8, 4) is 0 Å². The van der Waals surface area contributed by atoms with Crippen LogP contribution in [0.2, 0.25) is 0 Å². The first-order valence-corrected chi connectivity index (χ1v) is 11.7. The Hall–Kier alpha value is -1.14. The van der Waals surface area contributed by atoms with Gasteiger partial charge in [-0.2, -0.15) is 52.7 Å². The number of rotatable bonds is 8. The molecule has 2 aliphatic heterocycles. The van der Waals surface area contributed by atoms with E-state index in [1.165, 1.54) is 0 Å². The van der Waals surface area contributed by atoms with Crippen molar-refractivity contribution in [3.05, 3.63) is 0 Å². The molecule has 18 heteroatoms. The van der Waals surface area contributed by atoms with Gasteiger partial charge in [0, 0.05) is 12.8 Å². The normalized spacial score (nSPS) is 30.5. The van der Waals surface area contributed by atoms with Crippen molar-refractivity contribution in [2.24, 2.45) is 0 Å². The van der Waals surface area contributed by atoms with Gasteiger partial charge in [-0.25, -0.2) is 8.78 Å². The summed E-state index contributed by atoms with van der Waals surface area (Å²) in [5, 5.41) is 0. The Bertz CT molecular complexity index is 795. The smallest absolute Gasteiger partial charge is 0.350 e. The second kappa shape index (κ2) is 10.9. The highest BCUT2D eigenvalue weighted by Crippen LogP contribution is 2.57. The Morgan fingerprint density at radius 3 is 1.62 bits per heavy atom. The molecule has 2 heterocycles. The molecule has 0 aromatic carbocycles. The highest BCUT2D eigenvalue weighted by atomic mass is 19.4. The van der Waals surface area contributed by atoms with Crippen LogP contribution in [0.5, 0.6) is 0 Å². The highest BCUT2D eigenvalue weighted by Gasteiger charge is 2.84. The average molecular weight is 608 g/mol. The number of alkyl halides is 14. The van der Waals surface area contributed by atoms with E-state index >= 15 is 0 Å². The summed E-state index contributed by atoms with van der Waals surface area (Å²) < 4.78 is 208. The van der Waals surface area contributed by atoms with Crippen LogP contribution < -0.4 is 0 Å². The Labute approximate surface area is 213 Å². The van der Waals surface area contributed by atoms with Crippen molar-refractivity contribution in [2.45, 2.75) is 119 Å². The topological polar surface area (TPSA) is 36.9 Å². The van der Waals surface area contributed by atoms with Gasteiger partial charge in [0.2, 0.25) is 5.79 Å². The van der Waals surface area contributed by atoms with Crippen LogP contribution in [0.4, 0.5) is 61.5 Å². The minimum absolute atomic E-state index is 0.00277. The van der Waals surface area contributed by atoms with E-state index in [9.17, 15) is 61.5 Å². The van der Waals surface area contributed by atoms with Gasteiger partial charge in [0.1, 0.15) is 6.10 Å². The SMILES string of the molecule is CC1CCCC(OCCCOC2(C)CCCC(C(F)(C(F)(F)F)C(F)(F)F)O2)(C(F)(C(F)(F)F)C(F)(F)F)O1. The molecule has 0 bridgehead atoms. The minimum atomic E-state index is -6.51. The summed E-state index contributed by atoms with van der Waals surface area (Å²) >= 11 is 0. The molecule has 0 N–H and O–H groups in total. The zero-order valence-corrected chi connectivity index (χ0v) is 20.4. The van der Waals surface area contributed by atoms with Gasteiger partial charge < -0.3 is 18.9 Å². The predicted molar refractivity (Wildman–Crippen MR) is 103 cm³/mol. The highest BCUT2D eigenvalue weighted by molar-refractivity contribution is 5.08. The van der Waals surface area contributed by atoms with Crippen molar-refractivity contribution >= 4 is 0 Å². The van der Waals surface area contributed by atoms with E-state index in [0.29, 0.717) is 0 Å². The second-order valence-corrected chi connectivity index (χ2v) is 9.62. The maximum atomic E-state index is 15.0. The zero-order valence-electron chi connectivity index (χ0n) is 20.4. The molecule has 232 valence electrons. The summed E-state index contributed by atoms with van der Waals surface area (Å²) in [5.74, 6) is -6.06. The van der Waals surface area contributed by atoms with Crippen LogP contribution in [0, 0.1) is 0 Å². The summed E-state index contributed by atoms with van der Waals surface area (Å²) in [6.07, 6.45) is -33.9. The Morgan fingerprint density at radius 2 is 1.15 bits per heavy atom. The monoisotopic (exact) mass is 608 g/mol. The van der Waals surface area contributed by atoms with Crippen LogP contribution in [0.15, 0.2) is 0 Å². The number of halogens is 14. The molecule has 2 aliphatic rings.